The molecule has 1 atom stereocenters. The molecule has 0 spiro atoms. The summed E-state index contributed by atoms with van der Waals surface area (Å²) in [5, 5.41) is 0. The molecule has 0 bridgehead atoms. The van der Waals surface area contributed by atoms with E-state index in [9.17, 15) is 0 Å². The van der Waals surface area contributed by atoms with Crippen LogP contribution in [0.4, 0.5) is 0 Å². The minimum Gasteiger partial charge on any atom is -0.374 e. The van der Waals surface area contributed by atoms with Crippen molar-refractivity contribution in [2.24, 2.45) is 5.92 Å². The van der Waals surface area contributed by atoms with Crippen LogP contribution >= 0.6 is 15.9 Å². The molecule has 2 heteroatoms. The Morgan fingerprint density at radius 3 is 2.21 bits per heavy atom. The van der Waals surface area contributed by atoms with Gasteiger partial charge >= 0.3 is 0 Å². The van der Waals surface area contributed by atoms with E-state index in [0.29, 0.717) is 5.92 Å². The Morgan fingerprint density at radius 1 is 1.14 bits per heavy atom. The van der Waals surface area contributed by atoms with Crippen molar-refractivity contribution in [3.8, 4) is 0 Å². The quantitative estimate of drug-likeness (QED) is 0.786. The Labute approximate surface area is 94.6 Å². The zero-order valence-electron chi connectivity index (χ0n) is 8.96. The lowest BCUT2D eigenvalue weighted by Crippen LogP contribution is -2.06. The highest BCUT2D eigenvalue weighted by atomic mass is 79.9. The summed E-state index contributed by atoms with van der Waals surface area (Å²) >= 11 is 3.42. The summed E-state index contributed by atoms with van der Waals surface area (Å²) in [5.74, 6) is 0.591. The molecule has 14 heavy (non-hydrogen) atoms. The van der Waals surface area contributed by atoms with E-state index >= 15 is 0 Å². The molecular formula is C12H17BrO. The van der Waals surface area contributed by atoms with Crippen molar-refractivity contribution in [2.75, 3.05) is 6.61 Å². The lowest BCUT2D eigenvalue weighted by molar-refractivity contribution is 0.0470. The van der Waals surface area contributed by atoms with Gasteiger partial charge in [0.1, 0.15) is 0 Å². The highest BCUT2D eigenvalue weighted by molar-refractivity contribution is 9.10. The van der Waals surface area contributed by atoms with E-state index in [1.807, 2.05) is 12.1 Å². The summed E-state index contributed by atoms with van der Waals surface area (Å²) in [4.78, 5) is 0. The number of rotatable bonds is 4. The van der Waals surface area contributed by atoms with Gasteiger partial charge in [-0.05, 0) is 30.5 Å². The monoisotopic (exact) mass is 256 g/mol. The number of benzene rings is 1. The van der Waals surface area contributed by atoms with Crippen LogP contribution in [0.2, 0.25) is 0 Å². The largest absolute Gasteiger partial charge is 0.374 e. The molecule has 0 aliphatic rings. The molecule has 0 saturated heterocycles. The van der Waals surface area contributed by atoms with Crippen molar-refractivity contribution >= 4 is 15.9 Å². The number of halogens is 1. The Bertz CT molecular complexity index is 266. The van der Waals surface area contributed by atoms with Gasteiger partial charge < -0.3 is 4.74 Å². The standard InChI is InChI=1S/C12H17BrO/c1-9(2)8-14-10(3)11-4-6-12(13)7-5-11/h4-7,9-10H,8H2,1-3H3. The first kappa shape index (κ1) is 11.7. The fourth-order valence-electron chi connectivity index (χ4n) is 1.17. The Balaban J connectivity index is 2.52. The van der Waals surface area contributed by atoms with Gasteiger partial charge in [-0.3, -0.25) is 0 Å². The van der Waals surface area contributed by atoms with Crippen molar-refractivity contribution in [3.63, 3.8) is 0 Å². The van der Waals surface area contributed by atoms with E-state index in [0.717, 1.165) is 11.1 Å². The van der Waals surface area contributed by atoms with Gasteiger partial charge in [-0.2, -0.15) is 0 Å². The summed E-state index contributed by atoms with van der Waals surface area (Å²) < 4.78 is 6.82. The molecule has 0 saturated carbocycles. The third-order valence-corrected chi connectivity index (χ3v) is 2.55. The fraction of sp³-hybridized carbons (Fsp3) is 0.500. The summed E-state index contributed by atoms with van der Waals surface area (Å²) in [7, 11) is 0. The lowest BCUT2D eigenvalue weighted by Gasteiger charge is -2.15. The molecular weight excluding hydrogens is 240 g/mol. The molecule has 1 rings (SSSR count). The van der Waals surface area contributed by atoms with Crippen LogP contribution < -0.4 is 0 Å². The summed E-state index contributed by atoms with van der Waals surface area (Å²) in [6.07, 6.45) is 0.186. The van der Waals surface area contributed by atoms with Crippen LogP contribution in [-0.2, 0) is 4.74 Å². The van der Waals surface area contributed by atoms with Gasteiger partial charge in [0.15, 0.2) is 0 Å². The van der Waals surface area contributed by atoms with Crippen molar-refractivity contribution in [1.82, 2.24) is 0 Å². The number of hydrogen-bond donors (Lipinski definition) is 0. The van der Waals surface area contributed by atoms with E-state index < -0.39 is 0 Å². The van der Waals surface area contributed by atoms with Crippen LogP contribution in [0.3, 0.4) is 0 Å². The van der Waals surface area contributed by atoms with Crippen LogP contribution in [0.25, 0.3) is 0 Å². The van der Waals surface area contributed by atoms with Crippen LogP contribution in [0, 0.1) is 5.92 Å². The summed E-state index contributed by atoms with van der Waals surface area (Å²) in [5.41, 5.74) is 1.23. The zero-order valence-corrected chi connectivity index (χ0v) is 10.5. The maximum absolute atomic E-state index is 5.71. The Hall–Kier alpha value is -0.340. The topological polar surface area (TPSA) is 9.23 Å². The second kappa shape index (κ2) is 5.52. The van der Waals surface area contributed by atoms with Gasteiger partial charge in [-0.15, -0.1) is 0 Å². The van der Waals surface area contributed by atoms with Crippen molar-refractivity contribution in [3.05, 3.63) is 34.3 Å². The van der Waals surface area contributed by atoms with Gasteiger partial charge in [0, 0.05) is 11.1 Å². The predicted octanol–water partition coefficient (Wildman–Crippen LogP) is 4.18. The maximum Gasteiger partial charge on any atom is 0.0796 e. The predicted molar refractivity (Wildman–Crippen MR) is 63.3 cm³/mol. The van der Waals surface area contributed by atoms with Crippen LogP contribution in [-0.4, -0.2) is 6.61 Å². The van der Waals surface area contributed by atoms with Gasteiger partial charge in [-0.1, -0.05) is 41.9 Å². The third kappa shape index (κ3) is 3.81. The van der Waals surface area contributed by atoms with Crippen LogP contribution in [0.15, 0.2) is 28.7 Å². The smallest absolute Gasteiger partial charge is 0.0796 e. The van der Waals surface area contributed by atoms with Crippen molar-refractivity contribution in [1.29, 1.82) is 0 Å². The molecule has 1 unspecified atom stereocenters. The molecule has 0 aliphatic carbocycles. The molecule has 0 N–H and O–H groups in total. The first-order valence-corrected chi connectivity index (χ1v) is 5.76. The van der Waals surface area contributed by atoms with Crippen LogP contribution in [0.5, 0.6) is 0 Å². The van der Waals surface area contributed by atoms with E-state index in [2.05, 4.69) is 48.8 Å². The zero-order chi connectivity index (χ0) is 10.6. The van der Waals surface area contributed by atoms with E-state index in [-0.39, 0.29) is 6.10 Å². The van der Waals surface area contributed by atoms with Gasteiger partial charge in [0.05, 0.1) is 6.10 Å². The van der Waals surface area contributed by atoms with E-state index in [1.165, 1.54) is 5.56 Å². The van der Waals surface area contributed by atoms with Gasteiger partial charge in [0.25, 0.3) is 0 Å². The second-order valence-electron chi connectivity index (χ2n) is 3.92. The number of hydrogen-bond acceptors (Lipinski definition) is 1. The Morgan fingerprint density at radius 2 is 1.71 bits per heavy atom. The molecule has 0 aromatic heterocycles. The third-order valence-electron chi connectivity index (χ3n) is 2.02. The lowest BCUT2D eigenvalue weighted by atomic mass is 10.1. The second-order valence-corrected chi connectivity index (χ2v) is 4.84. The Kier molecular flexibility index (Phi) is 4.63. The molecule has 0 fully saturated rings. The summed E-state index contributed by atoms with van der Waals surface area (Å²) in [6.45, 7) is 7.23. The minimum absolute atomic E-state index is 0.186. The minimum atomic E-state index is 0.186. The van der Waals surface area contributed by atoms with Crippen LogP contribution in [0.1, 0.15) is 32.4 Å². The van der Waals surface area contributed by atoms with Crippen molar-refractivity contribution < 1.29 is 4.74 Å². The number of ether oxygens (including phenoxy) is 1. The molecule has 0 heterocycles. The van der Waals surface area contributed by atoms with Gasteiger partial charge in [-0.25, -0.2) is 0 Å². The first-order valence-electron chi connectivity index (χ1n) is 4.96. The molecule has 1 aromatic rings. The highest BCUT2D eigenvalue weighted by Gasteiger charge is 2.05. The van der Waals surface area contributed by atoms with Crippen molar-refractivity contribution in [2.45, 2.75) is 26.9 Å². The van der Waals surface area contributed by atoms with Gasteiger partial charge in [0.2, 0.25) is 0 Å². The average molecular weight is 257 g/mol. The molecule has 1 nitrogen and oxygen atoms in total. The molecule has 78 valence electrons. The average Bonchev–Trinajstić information content (AvgIpc) is 2.15. The first-order chi connectivity index (χ1) is 6.59. The highest BCUT2D eigenvalue weighted by Crippen LogP contribution is 2.19. The molecule has 0 aliphatic heterocycles. The van der Waals surface area contributed by atoms with E-state index in [4.69, 9.17) is 4.74 Å². The molecule has 0 radical (unpaired) electrons. The molecule has 0 amide bonds. The normalized spacial score (nSPS) is 13.2. The summed E-state index contributed by atoms with van der Waals surface area (Å²) in [6, 6.07) is 8.28. The SMILES string of the molecule is CC(C)COC(C)c1ccc(Br)cc1. The fourth-order valence-corrected chi connectivity index (χ4v) is 1.43. The van der Waals surface area contributed by atoms with E-state index in [1.54, 1.807) is 0 Å². The molecule has 1 aromatic carbocycles. The maximum atomic E-state index is 5.71.